The lowest BCUT2D eigenvalue weighted by molar-refractivity contribution is -0.303. The number of ether oxygens (including phenoxy) is 2. The fourth-order valence-corrected chi connectivity index (χ4v) is 4.25. The summed E-state index contributed by atoms with van der Waals surface area (Å²) in [5, 5.41) is 6.11. The second-order valence-electron chi connectivity index (χ2n) is 9.93. The Hall–Kier alpha value is -1.89. The van der Waals surface area contributed by atoms with Crippen LogP contribution in [0.25, 0.3) is 0 Å². The van der Waals surface area contributed by atoms with Gasteiger partial charge in [-0.05, 0) is 35.1 Å². The fraction of sp³-hybridized carbons (Fsp3) is 0.500. The second kappa shape index (κ2) is 9.94. The summed E-state index contributed by atoms with van der Waals surface area (Å²) in [7, 11) is 0. The van der Waals surface area contributed by atoms with Gasteiger partial charge >= 0.3 is 6.03 Å². The number of para-hydroxylation sites is 1. The smallest absolute Gasteiger partial charge is 0.319 e. The van der Waals surface area contributed by atoms with Gasteiger partial charge in [0.15, 0.2) is 0 Å². The minimum absolute atomic E-state index is 0.0832. The summed E-state index contributed by atoms with van der Waals surface area (Å²) in [6, 6.07) is 13.8. The van der Waals surface area contributed by atoms with Gasteiger partial charge in [0.1, 0.15) is 0 Å². The second-order valence-corrected chi connectivity index (χ2v) is 10.8. The Kier molecular flexibility index (Phi) is 7.69. The Morgan fingerprint density at radius 2 is 1.56 bits per heavy atom. The van der Waals surface area contributed by atoms with Crippen molar-refractivity contribution >= 4 is 27.6 Å². The highest BCUT2D eigenvalue weighted by atomic mass is 79.9. The third-order valence-electron chi connectivity index (χ3n) is 5.75. The van der Waals surface area contributed by atoms with Crippen molar-refractivity contribution in [1.82, 2.24) is 5.32 Å². The Balaban J connectivity index is 1.81. The molecule has 0 saturated carbocycles. The van der Waals surface area contributed by atoms with Gasteiger partial charge in [0.05, 0.1) is 19.8 Å². The normalized spacial score (nSPS) is 17.4. The van der Waals surface area contributed by atoms with Gasteiger partial charge in [-0.15, -0.1) is 0 Å². The molecule has 0 radical (unpaired) electrons. The molecular formula is C26H35BrN2O3. The van der Waals surface area contributed by atoms with E-state index in [-0.39, 0.29) is 18.0 Å². The molecule has 1 fully saturated rings. The monoisotopic (exact) mass is 502 g/mol. The first-order valence-corrected chi connectivity index (χ1v) is 12.0. The van der Waals surface area contributed by atoms with Crippen molar-refractivity contribution in [2.45, 2.75) is 59.2 Å². The van der Waals surface area contributed by atoms with Crippen LogP contribution in [0, 0.1) is 5.41 Å². The number of carbonyl (C=O) groups excluding carboxylic acids is 1. The number of hydrogen-bond donors (Lipinski definition) is 2. The third-order valence-corrected chi connectivity index (χ3v) is 6.24. The molecule has 32 heavy (non-hydrogen) atoms. The molecule has 2 aromatic rings. The molecule has 3 rings (SSSR count). The van der Waals surface area contributed by atoms with E-state index in [1.165, 1.54) is 0 Å². The summed E-state index contributed by atoms with van der Waals surface area (Å²) in [4.78, 5) is 13.0. The van der Waals surface area contributed by atoms with E-state index in [1.54, 1.807) is 0 Å². The van der Waals surface area contributed by atoms with Gasteiger partial charge in [-0.1, -0.05) is 87.8 Å². The number of halogens is 1. The van der Waals surface area contributed by atoms with Crippen LogP contribution in [0.5, 0.6) is 0 Å². The van der Waals surface area contributed by atoms with Gasteiger partial charge < -0.3 is 20.1 Å². The zero-order valence-corrected chi connectivity index (χ0v) is 21.5. The number of anilines is 1. The quantitative estimate of drug-likeness (QED) is 0.459. The number of benzene rings is 2. The van der Waals surface area contributed by atoms with Crippen molar-refractivity contribution in [3.8, 4) is 0 Å². The average Bonchev–Trinajstić information content (AvgIpc) is 2.73. The van der Waals surface area contributed by atoms with Crippen LogP contribution in [0.1, 0.15) is 70.1 Å². The minimum atomic E-state index is -1.03. The molecule has 0 atom stereocenters. The van der Waals surface area contributed by atoms with Crippen LogP contribution < -0.4 is 10.6 Å². The average molecular weight is 503 g/mol. The van der Waals surface area contributed by atoms with E-state index in [4.69, 9.17) is 9.47 Å². The van der Waals surface area contributed by atoms with Gasteiger partial charge in [-0.25, -0.2) is 4.79 Å². The molecule has 0 aromatic heterocycles. The number of hydrogen-bond acceptors (Lipinski definition) is 3. The first-order valence-electron chi connectivity index (χ1n) is 11.2. The molecule has 2 amide bonds. The van der Waals surface area contributed by atoms with E-state index in [2.05, 4.69) is 86.3 Å². The van der Waals surface area contributed by atoms with Crippen molar-refractivity contribution < 1.29 is 14.3 Å². The molecule has 0 spiro atoms. The van der Waals surface area contributed by atoms with Crippen LogP contribution in [-0.4, -0.2) is 25.8 Å². The fourth-order valence-electron chi connectivity index (χ4n) is 3.85. The topological polar surface area (TPSA) is 59.6 Å². The van der Waals surface area contributed by atoms with E-state index in [1.807, 2.05) is 24.3 Å². The van der Waals surface area contributed by atoms with Crippen LogP contribution in [-0.2, 0) is 15.3 Å². The summed E-state index contributed by atoms with van der Waals surface area (Å²) in [5.74, 6) is -0.441. The van der Waals surface area contributed by atoms with Gasteiger partial charge in [-0.2, -0.15) is 0 Å². The van der Waals surface area contributed by atoms with Crippen LogP contribution in [0.2, 0.25) is 0 Å². The molecule has 2 aromatic carbocycles. The molecule has 0 aliphatic carbocycles. The molecular weight excluding hydrogens is 468 g/mol. The zero-order chi connectivity index (χ0) is 23.5. The lowest BCUT2D eigenvalue weighted by Gasteiger charge is -2.43. The van der Waals surface area contributed by atoms with Crippen LogP contribution in [0.4, 0.5) is 10.5 Å². The maximum atomic E-state index is 13.0. The molecule has 174 valence electrons. The summed E-state index contributed by atoms with van der Waals surface area (Å²) in [5.41, 5.74) is 3.92. The first kappa shape index (κ1) is 24.7. The molecule has 0 bridgehead atoms. The highest BCUT2D eigenvalue weighted by molar-refractivity contribution is 9.10. The number of urea groups is 1. The molecule has 6 heteroatoms. The van der Waals surface area contributed by atoms with E-state index in [9.17, 15) is 4.79 Å². The van der Waals surface area contributed by atoms with E-state index in [0.29, 0.717) is 25.0 Å². The van der Waals surface area contributed by atoms with E-state index < -0.39 is 5.79 Å². The van der Waals surface area contributed by atoms with Gasteiger partial charge in [-0.3, -0.25) is 0 Å². The van der Waals surface area contributed by atoms with Crippen molar-refractivity contribution in [3.63, 3.8) is 0 Å². The van der Waals surface area contributed by atoms with Crippen molar-refractivity contribution in [2.75, 3.05) is 25.1 Å². The predicted molar refractivity (Wildman–Crippen MR) is 133 cm³/mol. The van der Waals surface area contributed by atoms with E-state index in [0.717, 1.165) is 26.9 Å². The third kappa shape index (κ3) is 5.72. The van der Waals surface area contributed by atoms with Crippen LogP contribution >= 0.6 is 15.9 Å². The Bertz CT molecular complexity index is 920. The van der Waals surface area contributed by atoms with Crippen LogP contribution in [0.3, 0.4) is 0 Å². The molecule has 5 nitrogen and oxygen atoms in total. The molecule has 0 unspecified atom stereocenters. The number of nitrogens with one attached hydrogen (secondary N) is 2. The molecule has 2 N–H and O–H groups in total. The largest absolute Gasteiger partial charge is 0.344 e. The summed E-state index contributed by atoms with van der Waals surface area (Å²) in [6.07, 6.45) is 0. The highest BCUT2D eigenvalue weighted by Crippen LogP contribution is 2.37. The van der Waals surface area contributed by atoms with Crippen molar-refractivity contribution in [2.24, 2.45) is 5.41 Å². The highest BCUT2D eigenvalue weighted by Gasteiger charge is 2.42. The molecule has 1 heterocycles. The first-order chi connectivity index (χ1) is 15.0. The maximum absolute atomic E-state index is 13.0. The summed E-state index contributed by atoms with van der Waals surface area (Å²) < 4.78 is 13.5. The maximum Gasteiger partial charge on any atom is 0.319 e. The minimum Gasteiger partial charge on any atom is -0.344 e. The van der Waals surface area contributed by atoms with Gasteiger partial charge in [0, 0.05) is 21.1 Å². The van der Waals surface area contributed by atoms with Crippen molar-refractivity contribution in [3.05, 3.63) is 63.6 Å². The van der Waals surface area contributed by atoms with Crippen molar-refractivity contribution in [1.29, 1.82) is 0 Å². The lowest BCUT2D eigenvalue weighted by Crippen LogP contribution is -2.52. The summed E-state index contributed by atoms with van der Waals surface area (Å²) >= 11 is 3.53. The number of carbonyl (C=O) groups is 1. The van der Waals surface area contributed by atoms with E-state index >= 15 is 0 Å². The number of rotatable bonds is 6. The predicted octanol–water partition coefficient (Wildman–Crippen LogP) is 6.74. The summed E-state index contributed by atoms with van der Waals surface area (Å²) in [6.45, 7) is 14.0. The number of amides is 2. The Morgan fingerprint density at radius 3 is 2.09 bits per heavy atom. The zero-order valence-electron chi connectivity index (χ0n) is 19.9. The van der Waals surface area contributed by atoms with Gasteiger partial charge in [0.25, 0.3) is 0 Å². The Labute approximate surface area is 200 Å². The SMILES string of the molecule is CC(C)c1cccc(C(C)C)c1NC(=O)NCC1(c2cccc(Br)c2)OCC(C)(C)CO1. The molecule has 1 aliphatic rings. The van der Waals surface area contributed by atoms with Gasteiger partial charge in [0.2, 0.25) is 5.79 Å². The standard InChI is InChI=1S/C26H35BrN2O3/c1-17(2)21-11-8-12-22(18(3)4)23(21)29-24(30)28-14-26(19-9-7-10-20(27)13-19)31-15-25(5,6)16-32-26/h7-13,17-18H,14-16H2,1-6H3,(H2,28,29,30). The molecule has 1 saturated heterocycles. The lowest BCUT2D eigenvalue weighted by atomic mass is 9.92. The van der Waals surface area contributed by atoms with Crippen LogP contribution in [0.15, 0.2) is 46.9 Å². The Morgan fingerprint density at radius 1 is 1.00 bits per heavy atom. The molecule has 1 aliphatic heterocycles.